The van der Waals surface area contributed by atoms with Gasteiger partial charge in [0.2, 0.25) is 0 Å². The largest absolute Gasteiger partial charge is 0.493 e. The molecule has 2 aliphatic carbocycles. The van der Waals surface area contributed by atoms with Crippen molar-refractivity contribution in [3.8, 4) is 23.0 Å². The SMILES string of the molecule is COc1cc2c(cc1OC)C(C(=O)OC(=O)C1=C(C(=O)O)CCc3cc(OC)c(OC)cc31)=C(C(=O)O)CC2. The molecule has 4 rings (SSSR count). The highest BCUT2D eigenvalue weighted by Gasteiger charge is 2.35. The molecule has 0 fully saturated rings. The molecule has 2 aromatic carbocycles. The number of rotatable bonds is 8. The van der Waals surface area contributed by atoms with Crippen molar-refractivity contribution in [2.24, 2.45) is 0 Å². The van der Waals surface area contributed by atoms with E-state index in [1.165, 1.54) is 40.6 Å². The summed E-state index contributed by atoms with van der Waals surface area (Å²) in [5.74, 6) is -3.88. The molecule has 2 aliphatic rings. The van der Waals surface area contributed by atoms with E-state index in [-0.39, 0.29) is 57.8 Å². The van der Waals surface area contributed by atoms with E-state index in [2.05, 4.69) is 0 Å². The van der Waals surface area contributed by atoms with Gasteiger partial charge in [-0.3, -0.25) is 0 Å². The molecule has 11 heteroatoms. The van der Waals surface area contributed by atoms with Crippen LogP contribution in [0.1, 0.15) is 35.1 Å². The van der Waals surface area contributed by atoms with E-state index in [1.807, 2.05) is 0 Å². The van der Waals surface area contributed by atoms with E-state index in [0.717, 1.165) is 0 Å². The van der Waals surface area contributed by atoms with Gasteiger partial charge < -0.3 is 33.9 Å². The highest BCUT2D eigenvalue weighted by atomic mass is 16.6. The maximum Gasteiger partial charge on any atom is 0.347 e. The molecule has 0 saturated heterocycles. The summed E-state index contributed by atoms with van der Waals surface area (Å²) >= 11 is 0. The number of esters is 2. The van der Waals surface area contributed by atoms with Crippen LogP contribution < -0.4 is 18.9 Å². The lowest BCUT2D eigenvalue weighted by molar-refractivity contribution is -0.151. The summed E-state index contributed by atoms with van der Waals surface area (Å²) in [6, 6.07) is 6.16. The first-order valence-electron chi connectivity index (χ1n) is 11.8. The maximum atomic E-state index is 13.4. The number of carbonyl (C=O) groups excluding carboxylic acids is 2. The summed E-state index contributed by atoms with van der Waals surface area (Å²) in [5.41, 5.74) is 0.516. The molecule has 0 saturated carbocycles. The molecule has 204 valence electrons. The van der Waals surface area contributed by atoms with Gasteiger partial charge in [0, 0.05) is 0 Å². The van der Waals surface area contributed by atoms with Crippen LogP contribution in [0.3, 0.4) is 0 Å². The summed E-state index contributed by atoms with van der Waals surface area (Å²) < 4.78 is 26.4. The first kappa shape index (κ1) is 27.2. The molecule has 0 atom stereocenters. The summed E-state index contributed by atoms with van der Waals surface area (Å²) in [5, 5.41) is 19.7. The van der Waals surface area contributed by atoms with Crippen LogP contribution >= 0.6 is 0 Å². The van der Waals surface area contributed by atoms with Crippen LogP contribution in [0.4, 0.5) is 0 Å². The molecule has 11 nitrogen and oxygen atoms in total. The number of ether oxygens (including phenoxy) is 5. The second-order valence-electron chi connectivity index (χ2n) is 8.72. The first-order chi connectivity index (χ1) is 18.6. The Morgan fingerprint density at radius 2 is 0.897 bits per heavy atom. The Hall–Kier alpha value is -4.80. The lowest BCUT2D eigenvalue weighted by Gasteiger charge is -2.24. The van der Waals surface area contributed by atoms with Crippen molar-refractivity contribution in [2.75, 3.05) is 28.4 Å². The molecule has 0 aromatic heterocycles. The Morgan fingerprint density at radius 3 is 1.21 bits per heavy atom. The molecular formula is C28H26O11. The average Bonchev–Trinajstić information content (AvgIpc) is 2.93. The molecule has 0 amide bonds. The Kier molecular flexibility index (Phi) is 7.61. The van der Waals surface area contributed by atoms with Crippen molar-refractivity contribution in [3.05, 3.63) is 57.7 Å². The highest BCUT2D eigenvalue weighted by Crippen LogP contribution is 2.42. The molecule has 39 heavy (non-hydrogen) atoms. The van der Waals surface area contributed by atoms with Crippen LogP contribution in [0.15, 0.2) is 35.4 Å². The minimum atomic E-state index is -1.35. The standard InChI is InChI=1S/C28H26O11/c1-35-19-9-13-5-7-15(25(29)30)23(17(13)11-21(19)37-3)27(33)39-28(34)24-16(26(31)32)8-6-14-10-20(36-2)22(38-4)12-18(14)24/h9-12H,5-8H2,1-4H3,(H,29,30)(H,31,32). The van der Waals surface area contributed by atoms with E-state index in [1.54, 1.807) is 12.1 Å². The van der Waals surface area contributed by atoms with Gasteiger partial charge in [-0.15, -0.1) is 0 Å². The number of carboxylic acids is 2. The van der Waals surface area contributed by atoms with Crippen LogP contribution in [-0.2, 0) is 36.8 Å². The fraction of sp³-hybridized carbons (Fsp3) is 0.286. The molecular weight excluding hydrogens is 512 g/mol. The van der Waals surface area contributed by atoms with Crippen LogP contribution in [0, 0.1) is 0 Å². The molecule has 2 N–H and O–H groups in total. The molecule has 0 heterocycles. The lowest BCUT2D eigenvalue weighted by atomic mass is 9.84. The van der Waals surface area contributed by atoms with Crippen LogP contribution in [-0.4, -0.2) is 62.5 Å². The quantitative estimate of drug-likeness (QED) is 0.376. The monoisotopic (exact) mass is 538 g/mol. The van der Waals surface area contributed by atoms with Gasteiger partial charge in [-0.1, -0.05) is 0 Å². The number of benzene rings is 2. The van der Waals surface area contributed by atoms with E-state index in [4.69, 9.17) is 23.7 Å². The Labute approximate surface area is 223 Å². The van der Waals surface area contributed by atoms with E-state index >= 15 is 0 Å². The number of fused-ring (bicyclic) bond motifs is 2. The van der Waals surface area contributed by atoms with Gasteiger partial charge in [0.05, 0.1) is 50.7 Å². The maximum absolute atomic E-state index is 13.4. The van der Waals surface area contributed by atoms with Gasteiger partial charge >= 0.3 is 23.9 Å². The molecule has 0 radical (unpaired) electrons. The predicted molar refractivity (Wildman–Crippen MR) is 136 cm³/mol. The van der Waals surface area contributed by atoms with Crippen molar-refractivity contribution in [1.82, 2.24) is 0 Å². The Bertz CT molecular complexity index is 1350. The zero-order chi connectivity index (χ0) is 28.4. The van der Waals surface area contributed by atoms with Gasteiger partial charge in [0.15, 0.2) is 23.0 Å². The second-order valence-corrected chi connectivity index (χ2v) is 8.72. The minimum Gasteiger partial charge on any atom is -0.493 e. The average molecular weight is 539 g/mol. The van der Waals surface area contributed by atoms with Crippen molar-refractivity contribution in [1.29, 1.82) is 0 Å². The number of methoxy groups -OCH3 is 4. The van der Waals surface area contributed by atoms with Gasteiger partial charge in [-0.2, -0.15) is 0 Å². The number of aliphatic carboxylic acids is 2. The van der Waals surface area contributed by atoms with Crippen molar-refractivity contribution >= 4 is 35.0 Å². The summed E-state index contributed by atoms with van der Waals surface area (Å²) in [6.07, 6.45) is 0.593. The molecule has 0 unspecified atom stereocenters. The summed E-state index contributed by atoms with van der Waals surface area (Å²) in [4.78, 5) is 51.0. The third-order valence-corrected chi connectivity index (χ3v) is 6.76. The summed E-state index contributed by atoms with van der Waals surface area (Å²) in [6.45, 7) is 0. The van der Waals surface area contributed by atoms with E-state index in [0.29, 0.717) is 35.5 Å². The van der Waals surface area contributed by atoms with Gasteiger partial charge in [-0.05, 0) is 72.2 Å². The summed E-state index contributed by atoms with van der Waals surface area (Å²) in [7, 11) is 5.67. The number of carbonyl (C=O) groups is 4. The van der Waals surface area contributed by atoms with Crippen molar-refractivity contribution in [2.45, 2.75) is 25.7 Å². The first-order valence-corrected chi connectivity index (χ1v) is 11.8. The fourth-order valence-electron chi connectivity index (χ4n) is 4.90. The third kappa shape index (κ3) is 4.90. The van der Waals surface area contributed by atoms with Crippen LogP contribution in [0.2, 0.25) is 0 Å². The normalized spacial score (nSPS) is 14.2. The predicted octanol–water partition coefficient (Wildman–Crippen LogP) is 3.06. The Morgan fingerprint density at radius 1 is 0.564 bits per heavy atom. The van der Waals surface area contributed by atoms with Crippen molar-refractivity contribution in [3.63, 3.8) is 0 Å². The van der Waals surface area contributed by atoms with E-state index < -0.39 is 23.9 Å². The minimum absolute atomic E-state index is 0.000655. The van der Waals surface area contributed by atoms with Crippen molar-refractivity contribution < 1.29 is 53.1 Å². The van der Waals surface area contributed by atoms with Gasteiger partial charge in [-0.25, -0.2) is 19.2 Å². The van der Waals surface area contributed by atoms with Gasteiger partial charge in [0.25, 0.3) is 0 Å². The molecule has 0 aliphatic heterocycles. The zero-order valence-corrected chi connectivity index (χ0v) is 21.7. The lowest BCUT2D eigenvalue weighted by Crippen LogP contribution is -2.24. The molecule has 2 aromatic rings. The number of hydrogen-bond donors (Lipinski definition) is 2. The smallest absolute Gasteiger partial charge is 0.347 e. The highest BCUT2D eigenvalue weighted by molar-refractivity contribution is 6.31. The van der Waals surface area contributed by atoms with Gasteiger partial charge in [0.1, 0.15) is 0 Å². The number of hydrogen-bond acceptors (Lipinski definition) is 9. The Balaban J connectivity index is 1.80. The third-order valence-electron chi connectivity index (χ3n) is 6.76. The fourth-order valence-corrected chi connectivity index (χ4v) is 4.90. The topological polar surface area (TPSA) is 155 Å². The van der Waals surface area contributed by atoms with E-state index in [9.17, 15) is 29.4 Å². The molecule has 0 spiro atoms. The number of aryl methyl sites for hydroxylation is 2. The van der Waals surface area contributed by atoms with Crippen LogP contribution in [0.5, 0.6) is 23.0 Å². The zero-order valence-electron chi connectivity index (χ0n) is 21.7. The number of carboxylic acid groups (broad SMARTS) is 2. The van der Waals surface area contributed by atoms with Crippen LogP contribution in [0.25, 0.3) is 11.1 Å². The second kappa shape index (κ2) is 10.9. The molecule has 0 bridgehead atoms.